The second-order valence-electron chi connectivity index (χ2n) is 4.46. The maximum absolute atomic E-state index is 13.5. The molecular formula is C14H15F2N3O2. The quantitative estimate of drug-likeness (QED) is 0.748. The van der Waals surface area contributed by atoms with E-state index in [1.54, 1.807) is 0 Å². The van der Waals surface area contributed by atoms with Crippen LogP contribution in [0.3, 0.4) is 0 Å². The molecule has 2 amide bonds. The summed E-state index contributed by atoms with van der Waals surface area (Å²) >= 11 is 0. The molecule has 0 aliphatic carbocycles. The number of nitriles is 1. The lowest BCUT2D eigenvalue weighted by Crippen LogP contribution is -2.44. The highest BCUT2D eigenvalue weighted by atomic mass is 19.1. The largest absolute Gasteiger partial charge is 0.368 e. The van der Waals surface area contributed by atoms with Gasteiger partial charge in [0.15, 0.2) is 0 Å². The molecule has 0 bridgehead atoms. The SMILES string of the molecule is N#CCCCC[C@H](NC(=O)c1ccc(F)cc1F)C(N)=O. The number of unbranched alkanes of at least 4 members (excludes halogenated alkanes) is 2. The summed E-state index contributed by atoms with van der Waals surface area (Å²) in [6.45, 7) is 0. The van der Waals surface area contributed by atoms with Gasteiger partial charge in [0, 0.05) is 12.5 Å². The summed E-state index contributed by atoms with van der Waals surface area (Å²) in [4.78, 5) is 23.1. The van der Waals surface area contributed by atoms with Crippen molar-refractivity contribution < 1.29 is 18.4 Å². The first-order chi connectivity index (χ1) is 9.95. The summed E-state index contributed by atoms with van der Waals surface area (Å²) in [6.07, 6.45) is 1.69. The van der Waals surface area contributed by atoms with Crippen molar-refractivity contribution >= 4 is 11.8 Å². The van der Waals surface area contributed by atoms with E-state index in [2.05, 4.69) is 5.32 Å². The van der Waals surface area contributed by atoms with Gasteiger partial charge in [-0.15, -0.1) is 0 Å². The number of halogens is 2. The Kier molecular flexibility index (Phi) is 6.27. The molecule has 0 unspecified atom stereocenters. The molecule has 3 N–H and O–H groups in total. The zero-order valence-corrected chi connectivity index (χ0v) is 11.2. The number of rotatable bonds is 7. The van der Waals surface area contributed by atoms with Gasteiger partial charge in [-0.1, -0.05) is 0 Å². The number of hydrogen-bond donors (Lipinski definition) is 2. The Labute approximate surface area is 120 Å². The molecule has 0 spiro atoms. The lowest BCUT2D eigenvalue weighted by atomic mass is 10.1. The van der Waals surface area contributed by atoms with Crippen LogP contribution in [-0.2, 0) is 4.79 Å². The third-order valence-electron chi connectivity index (χ3n) is 2.86. The smallest absolute Gasteiger partial charge is 0.254 e. The molecule has 0 aliphatic rings. The Hall–Kier alpha value is -2.49. The molecule has 0 aliphatic heterocycles. The predicted octanol–water partition coefficient (Wildman–Crippen LogP) is 1.63. The van der Waals surface area contributed by atoms with Gasteiger partial charge in [0.05, 0.1) is 11.6 Å². The van der Waals surface area contributed by atoms with Crippen molar-refractivity contribution in [2.75, 3.05) is 0 Å². The maximum atomic E-state index is 13.5. The number of hydrogen-bond acceptors (Lipinski definition) is 3. The zero-order chi connectivity index (χ0) is 15.8. The second kappa shape index (κ2) is 7.94. The van der Waals surface area contributed by atoms with Gasteiger partial charge in [-0.2, -0.15) is 5.26 Å². The number of benzene rings is 1. The van der Waals surface area contributed by atoms with Crippen molar-refractivity contribution in [3.63, 3.8) is 0 Å². The number of carbonyl (C=O) groups excluding carboxylic acids is 2. The predicted molar refractivity (Wildman–Crippen MR) is 70.9 cm³/mol. The molecule has 0 fully saturated rings. The Morgan fingerprint density at radius 3 is 2.62 bits per heavy atom. The van der Waals surface area contributed by atoms with E-state index in [1.807, 2.05) is 6.07 Å². The minimum absolute atomic E-state index is 0.256. The van der Waals surface area contributed by atoms with E-state index in [0.29, 0.717) is 25.3 Å². The minimum atomic E-state index is -1.01. The average Bonchev–Trinajstić information content (AvgIpc) is 2.41. The van der Waals surface area contributed by atoms with Crippen LogP contribution in [0.25, 0.3) is 0 Å². The summed E-state index contributed by atoms with van der Waals surface area (Å²) < 4.78 is 26.2. The highest BCUT2D eigenvalue weighted by Crippen LogP contribution is 2.10. The molecule has 1 rings (SSSR count). The monoisotopic (exact) mass is 295 g/mol. The summed E-state index contributed by atoms with van der Waals surface area (Å²) in [5.41, 5.74) is 4.81. The van der Waals surface area contributed by atoms with E-state index in [0.717, 1.165) is 12.1 Å². The molecule has 1 aromatic rings. The van der Waals surface area contributed by atoms with E-state index in [4.69, 9.17) is 11.0 Å². The van der Waals surface area contributed by atoms with Crippen molar-refractivity contribution in [2.24, 2.45) is 5.73 Å². The molecule has 0 radical (unpaired) electrons. The molecular weight excluding hydrogens is 280 g/mol. The average molecular weight is 295 g/mol. The lowest BCUT2D eigenvalue weighted by Gasteiger charge is -2.15. The fourth-order valence-electron chi connectivity index (χ4n) is 1.75. The first-order valence-electron chi connectivity index (χ1n) is 6.38. The van der Waals surface area contributed by atoms with E-state index in [1.165, 1.54) is 0 Å². The minimum Gasteiger partial charge on any atom is -0.368 e. The first kappa shape index (κ1) is 16.6. The van der Waals surface area contributed by atoms with E-state index < -0.39 is 29.5 Å². The molecule has 5 nitrogen and oxygen atoms in total. The van der Waals surface area contributed by atoms with Gasteiger partial charge >= 0.3 is 0 Å². The molecule has 1 aromatic carbocycles. The third-order valence-corrected chi connectivity index (χ3v) is 2.86. The number of nitrogens with zero attached hydrogens (tertiary/aromatic N) is 1. The van der Waals surface area contributed by atoms with Crippen molar-refractivity contribution in [1.29, 1.82) is 5.26 Å². The van der Waals surface area contributed by atoms with Crippen LogP contribution in [0.1, 0.15) is 36.0 Å². The van der Waals surface area contributed by atoms with Gasteiger partial charge in [0.2, 0.25) is 5.91 Å². The molecule has 1 atom stereocenters. The molecule has 0 heterocycles. The standard InChI is InChI=1S/C14H15F2N3O2/c15-9-5-6-10(11(16)8-9)14(21)19-12(13(18)20)4-2-1-3-7-17/h5-6,8,12H,1-4H2,(H2,18,20)(H,19,21)/t12-/m0/s1. The van der Waals surface area contributed by atoms with E-state index >= 15 is 0 Å². The molecule has 7 heteroatoms. The Morgan fingerprint density at radius 1 is 1.33 bits per heavy atom. The molecule has 0 saturated carbocycles. The Balaban J connectivity index is 2.68. The Bertz CT molecular complexity index is 570. The topological polar surface area (TPSA) is 96.0 Å². The van der Waals surface area contributed by atoms with Crippen LogP contribution < -0.4 is 11.1 Å². The van der Waals surface area contributed by atoms with Crippen molar-refractivity contribution in [2.45, 2.75) is 31.7 Å². The van der Waals surface area contributed by atoms with Gasteiger partial charge in [-0.05, 0) is 31.4 Å². The fourth-order valence-corrected chi connectivity index (χ4v) is 1.75. The highest BCUT2D eigenvalue weighted by Gasteiger charge is 2.20. The van der Waals surface area contributed by atoms with Crippen LogP contribution in [0.5, 0.6) is 0 Å². The molecule has 0 saturated heterocycles. The number of nitrogens with two attached hydrogens (primary N) is 1. The van der Waals surface area contributed by atoms with Crippen LogP contribution >= 0.6 is 0 Å². The highest BCUT2D eigenvalue weighted by molar-refractivity contribution is 5.97. The summed E-state index contributed by atoms with van der Waals surface area (Å²) in [5, 5.41) is 10.7. The van der Waals surface area contributed by atoms with Gasteiger partial charge in [-0.25, -0.2) is 8.78 Å². The van der Waals surface area contributed by atoms with Gasteiger partial charge in [-0.3, -0.25) is 9.59 Å². The number of carbonyl (C=O) groups is 2. The van der Waals surface area contributed by atoms with Crippen molar-refractivity contribution in [3.8, 4) is 6.07 Å². The molecule has 0 aromatic heterocycles. The molecule has 112 valence electrons. The Morgan fingerprint density at radius 2 is 2.05 bits per heavy atom. The van der Waals surface area contributed by atoms with E-state index in [-0.39, 0.29) is 12.0 Å². The zero-order valence-electron chi connectivity index (χ0n) is 11.2. The maximum Gasteiger partial charge on any atom is 0.254 e. The first-order valence-corrected chi connectivity index (χ1v) is 6.38. The van der Waals surface area contributed by atoms with Crippen LogP contribution in [-0.4, -0.2) is 17.9 Å². The van der Waals surface area contributed by atoms with Crippen molar-refractivity contribution in [1.82, 2.24) is 5.32 Å². The lowest BCUT2D eigenvalue weighted by molar-refractivity contribution is -0.120. The van der Waals surface area contributed by atoms with Crippen molar-refractivity contribution in [3.05, 3.63) is 35.4 Å². The van der Waals surface area contributed by atoms with Gasteiger partial charge in [0.25, 0.3) is 5.91 Å². The molecule has 21 heavy (non-hydrogen) atoms. The third kappa shape index (κ3) is 5.18. The van der Waals surface area contributed by atoms with Crippen LogP contribution in [0.4, 0.5) is 8.78 Å². The summed E-state index contributed by atoms with van der Waals surface area (Å²) in [6, 6.07) is 3.53. The summed E-state index contributed by atoms with van der Waals surface area (Å²) in [5.74, 6) is -3.40. The normalized spacial score (nSPS) is 11.5. The van der Waals surface area contributed by atoms with Crippen LogP contribution in [0, 0.1) is 23.0 Å². The van der Waals surface area contributed by atoms with Gasteiger partial charge < -0.3 is 11.1 Å². The number of primary amides is 1. The number of amides is 2. The van der Waals surface area contributed by atoms with Crippen LogP contribution in [0.15, 0.2) is 18.2 Å². The van der Waals surface area contributed by atoms with Gasteiger partial charge in [0.1, 0.15) is 17.7 Å². The summed E-state index contributed by atoms with van der Waals surface area (Å²) in [7, 11) is 0. The van der Waals surface area contributed by atoms with Crippen LogP contribution in [0.2, 0.25) is 0 Å². The fraction of sp³-hybridized carbons (Fsp3) is 0.357. The number of nitrogens with one attached hydrogen (secondary N) is 1. The van der Waals surface area contributed by atoms with E-state index in [9.17, 15) is 18.4 Å². The second-order valence-corrected chi connectivity index (χ2v) is 4.46.